The zero-order chi connectivity index (χ0) is 11.3. The van der Waals surface area contributed by atoms with Crippen LogP contribution in [0.1, 0.15) is 25.7 Å². The summed E-state index contributed by atoms with van der Waals surface area (Å²) < 4.78 is 0. The van der Waals surface area contributed by atoms with E-state index in [-0.39, 0.29) is 0 Å². The summed E-state index contributed by atoms with van der Waals surface area (Å²) in [6.45, 7) is 13.5. The minimum absolute atomic E-state index is 1.04. The molecule has 0 unspecified atom stereocenters. The van der Waals surface area contributed by atoms with Crippen molar-refractivity contribution in [2.45, 2.75) is 45.3 Å². The second kappa shape index (κ2) is 5.55. The predicted molar refractivity (Wildman–Crippen MR) is 71.7 cm³/mol. The van der Waals surface area contributed by atoms with Crippen LogP contribution in [0.3, 0.4) is 0 Å². The number of rotatable bonds is 5. The van der Waals surface area contributed by atoms with Crippen LogP contribution in [-0.4, -0.2) is 26.1 Å². The molecular weight excluding hydrogens is 198 g/mol. The smallest absolute Gasteiger partial charge is 0.0709 e. The van der Waals surface area contributed by atoms with Crippen molar-refractivity contribution in [1.82, 2.24) is 4.90 Å². The van der Waals surface area contributed by atoms with E-state index in [1.54, 1.807) is 5.70 Å². The van der Waals surface area contributed by atoms with Gasteiger partial charge in [-0.3, -0.25) is 0 Å². The topological polar surface area (TPSA) is 3.24 Å². The predicted octanol–water partition coefficient (Wildman–Crippen LogP) is 3.81. The van der Waals surface area contributed by atoms with Crippen LogP contribution in [0.4, 0.5) is 0 Å². The van der Waals surface area contributed by atoms with Crippen molar-refractivity contribution in [1.29, 1.82) is 0 Å². The number of unbranched alkanes of at least 4 members (excludes halogenated alkanes) is 1. The summed E-state index contributed by atoms with van der Waals surface area (Å²) in [4.78, 5) is 2.59. The monoisotopic (exact) mass is 223 g/mol. The van der Waals surface area contributed by atoms with Gasteiger partial charge in [-0.05, 0) is 25.7 Å². The van der Waals surface area contributed by atoms with E-state index in [2.05, 4.69) is 36.8 Å². The minimum atomic E-state index is -1.04. The Kier molecular flexibility index (Phi) is 4.65. The number of nitrogens with zero attached hydrogens (tertiary/aromatic N) is 1. The maximum absolute atomic E-state index is 3.78. The highest BCUT2D eigenvalue weighted by atomic mass is 28.3. The largest absolute Gasteiger partial charge is 0.375 e. The maximum Gasteiger partial charge on any atom is 0.0709 e. The minimum Gasteiger partial charge on any atom is -0.375 e. The lowest BCUT2D eigenvalue weighted by atomic mass is 10.3. The van der Waals surface area contributed by atoms with Gasteiger partial charge in [0.05, 0.1) is 8.07 Å². The molecule has 0 atom stereocenters. The van der Waals surface area contributed by atoms with Gasteiger partial charge in [0.1, 0.15) is 0 Å². The highest BCUT2D eigenvalue weighted by molar-refractivity contribution is 6.81. The van der Waals surface area contributed by atoms with Crippen molar-refractivity contribution in [3.63, 3.8) is 0 Å². The van der Waals surface area contributed by atoms with Crippen LogP contribution < -0.4 is 0 Å². The first-order valence-corrected chi connectivity index (χ1v) is 9.68. The lowest BCUT2D eigenvalue weighted by Crippen LogP contribution is -2.24. The summed E-state index contributed by atoms with van der Waals surface area (Å²) in [5.41, 5.74) is 4.20. The first-order valence-electron chi connectivity index (χ1n) is 6.10. The zero-order valence-corrected chi connectivity index (χ0v) is 11.6. The number of hydrogen-bond donors (Lipinski definition) is 0. The molecule has 86 valence electrons. The lowest BCUT2D eigenvalue weighted by molar-refractivity contribution is 0.387. The van der Waals surface area contributed by atoms with E-state index in [9.17, 15) is 0 Å². The molecule has 0 bridgehead atoms. The van der Waals surface area contributed by atoms with Gasteiger partial charge in [0.15, 0.2) is 0 Å². The van der Waals surface area contributed by atoms with Crippen molar-refractivity contribution in [3.05, 3.63) is 24.1 Å². The van der Waals surface area contributed by atoms with E-state index in [0.29, 0.717) is 0 Å². The first kappa shape index (κ1) is 12.6. The van der Waals surface area contributed by atoms with Crippen LogP contribution in [0.25, 0.3) is 0 Å². The molecule has 0 aromatic heterocycles. The fourth-order valence-electron chi connectivity index (χ4n) is 2.10. The quantitative estimate of drug-likeness (QED) is 0.389. The van der Waals surface area contributed by atoms with Gasteiger partial charge in [0.25, 0.3) is 0 Å². The van der Waals surface area contributed by atoms with Crippen molar-refractivity contribution >= 4 is 8.07 Å². The zero-order valence-electron chi connectivity index (χ0n) is 10.6. The molecule has 0 aromatic rings. The van der Waals surface area contributed by atoms with Gasteiger partial charge in [-0.25, -0.2) is 0 Å². The van der Waals surface area contributed by atoms with Crippen molar-refractivity contribution in [2.75, 3.05) is 13.1 Å². The Morgan fingerprint density at radius 3 is 2.73 bits per heavy atom. The highest BCUT2D eigenvalue weighted by Gasteiger charge is 2.19. The summed E-state index contributed by atoms with van der Waals surface area (Å²) in [6, 6.07) is 0. The van der Waals surface area contributed by atoms with E-state index in [1.165, 1.54) is 32.4 Å². The average Bonchev–Trinajstić information content (AvgIpc) is 2.50. The van der Waals surface area contributed by atoms with Crippen LogP contribution in [0.5, 0.6) is 0 Å². The Morgan fingerprint density at radius 1 is 1.40 bits per heavy atom. The lowest BCUT2D eigenvalue weighted by Gasteiger charge is -2.22. The molecular formula is C13H25NSi. The van der Waals surface area contributed by atoms with Crippen LogP contribution in [-0.2, 0) is 0 Å². The summed E-state index contributed by atoms with van der Waals surface area (Å²) >= 11 is 0. The molecule has 0 aromatic carbocycles. The van der Waals surface area contributed by atoms with Gasteiger partial charge in [-0.2, -0.15) is 0 Å². The van der Waals surface area contributed by atoms with E-state index in [0.717, 1.165) is 6.42 Å². The SMILES string of the molecule is C=CCCCN1CCC/C1=C\[Si](C)(C)C. The average molecular weight is 223 g/mol. The normalized spacial score (nSPS) is 19.9. The first-order chi connectivity index (χ1) is 7.03. The third kappa shape index (κ3) is 4.69. The summed E-state index contributed by atoms with van der Waals surface area (Å²) in [5.74, 6) is 0. The molecule has 0 amide bonds. The summed E-state index contributed by atoms with van der Waals surface area (Å²) in [7, 11) is -1.04. The molecule has 0 saturated carbocycles. The summed E-state index contributed by atoms with van der Waals surface area (Å²) in [6.07, 6.45) is 7.09. The van der Waals surface area contributed by atoms with E-state index in [1.807, 2.05) is 6.08 Å². The second-order valence-electron chi connectivity index (χ2n) is 5.52. The van der Waals surface area contributed by atoms with Gasteiger partial charge in [0, 0.05) is 18.8 Å². The Labute approximate surface area is 95.9 Å². The molecule has 1 aliphatic rings. The molecule has 1 heterocycles. The number of hydrogen-bond acceptors (Lipinski definition) is 1. The molecule has 15 heavy (non-hydrogen) atoms. The van der Waals surface area contributed by atoms with Gasteiger partial charge in [0.2, 0.25) is 0 Å². The molecule has 1 fully saturated rings. The highest BCUT2D eigenvalue weighted by Crippen LogP contribution is 2.23. The number of allylic oxidation sites excluding steroid dienone is 2. The molecule has 2 heteroatoms. The third-order valence-electron chi connectivity index (χ3n) is 2.70. The van der Waals surface area contributed by atoms with Gasteiger partial charge in [-0.1, -0.05) is 31.4 Å². The Balaban J connectivity index is 2.49. The van der Waals surface area contributed by atoms with Crippen LogP contribution in [0.15, 0.2) is 24.1 Å². The Hall–Kier alpha value is -0.503. The van der Waals surface area contributed by atoms with Crippen LogP contribution >= 0.6 is 0 Å². The van der Waals surface area contributed by atoms with Gasteiger partial charge < -0.3 is 4.90 Å². The number of likely N-dealkylation sites (tertiary alicyclic amines) is 1. The van der Waals surface area contributed by atoms with Gasteiger partial charge >= 0.3 is 0 Å². The molecule has 0 spiro atoms. The van der Waals surface area contributed by atoms with Crippen molar-refractivity contribution < 1.29 is 0 Å². The second-order valence-corrected chi connectivity index (χ2v) is 10.5. The molecule has 1 rings (SSSR count). The fraction of sp³-hybridized carbons (Fsp3) is 0.692. The Morgan fingerprint density at radius 2 is 2.13 bits per heavy atom. The fourth-order valence-corrected chi connectivity index (χ4v) is 3.42. The van der Waals surface area contributed by atoms with E-state index >= 15 is 0 Å². The standard InChI is InChI=1S/C13H25NSi/c1-5-6-7-10-14-11-8-9-13(14)12-15(2,3)4/h5,12H,1,6-11H2,2-4H3/b13-12+. The van der Waals surface area contributed by atoms with Crippen molar-refractivity contribution in [3.8, 4) is 0 Å². The molecule has 1 aliphatic heterocycles. The molecule has 0 radical (unpaired) electrons. The summed E-state index contributed by atoms with van der Waals surface area (Å²) in [5, 5.41) is 0. The molecule has 1 nitrogen and oxygen atoms in total. The van der Waals surface area contributed by atoms with Crippen molar-refractivity contribution in [2.24, 2.45) is 0 Å². The third-order valence-corrected chi connectivity index (χ3v) is 3.90. The molecule has 0 aliphatic carbocycles. The van der Waals surface area contributed by atoms with E-state index < -0.39 is 8.07 Å². The van der Waals surface area contributed by atoms with E-state index in [4.69, 9.17) is 0 Å². The Bertz CT molecular complexity index is 237. The maximum atomic E-state index is 3.78. The van der Waals surface area contributed by atoms with Crippen LogP contribution in [0, 0.1) is 0 Å². The molecule has 1 saturated heterocycles. The van der Waals surface area contributed by atoms with Gasteiger partial charge in [-0.15, -0.1) is 6.58 Å². The molecule has 0 N–H and O–H groups in total. The van der Waals surface area contributed by atoms with Crippen LogP contribution in [0.2, 0.25) is 19.6 Å².